The molecule has 1 aromatic carbocycles. The number of rotatable bonds is 6. The summed E-state index contributed by atoms with van der Waals surface area (Å²) in [6.07, 6.45) is 0.370. The molecule has 0 spiro atoms. The molecule has 5 nitrogen and oxygen atoms in total. The zero-order valence-electron chi connectivity index (χ0n) is 11.8. The van der Waals surface area contributed by atoms with E-state index in [0.29, 0.717) is 11.3 Å². The molecule has 1 aromatic heterocycles. The van der Waals surface area contributed by atoms with Gasteiger partial charge in [0.05, 0.1) is 10.9 Å². The molecular formula is C16H15N3O2S. The predicted octanol–water partition coefficient (Wildman–Crippen LogP) is 1.73. The first kappa shape index (κ1) is 15.7. The molecule has 0 aliphatic heterocycles. The van der Waals surface area contributed by atoms with Crippen LogP contribution in [0, 0.1) is 11.3 Å². The fourth-order valence-corrected chi connectivity index (χ4v) is 2.57. The van der Waals surface area contributed by atoms with Crippen LogP contribution in [0.5, 0.6) is 0 Å². The monoisotopic (exact) mass is 313 g/mol. The molecule has 0 radical (unpaired) electrons. The van der Waals surface area contributed by atoms with Gasteiger partial charge in [-0.05, 0) is 17.0 Å². The van der Waals surface area contributed by atoms with Crippen molar-refractivity contribution in [1.82, 2.24) is 10.6 Å². The van der Waals surface area contributed by atoms with Gasteiger partial charge in [0.2, 0.25) is 5.91 Å². The molecule has 6 heteroatoms. The highest BCUT2D eigenvalue weighted by atomic mass is 32.1. The third kappa shape index (κ3) is 4.43. The molecule has 2 N–H and O–H groups in total. The number of carbonyl (C=O) groups excluding carboxylic acids is 2. The molecule has 2 amide bonds. The van der Waals surface area contributed by atoms with Crippen molar-refractivity contribution in [2.45, 2.75) is 12.5 Å². The minimum absolute atomic E-state index is 0.0843. The second kappa shape index (κ2) is 7.96. The lowest BCUT2D eigenvalue weighted by Gasteiger charge is -2.17. The Morgan fingerprint density at radius 2 is 1.95 bits per heavy atom. The number of nitrogens with one attached hydrogen (secondary N) is 2. The van der Waals surface area contributed by atoms with Crippen molar-refractivity contribution in [3.63, 3.8) is 0 Å². The number of hydrogen-bond acceptors (Lipinski definition) is 4. The average Bonchev–Trinajstić information content (AvgIpc) is 3.07. The Morgan fingerprint density at radius 1 is 1.18 bits per heavy atom. The SMILES string of the molecule is N#CCNC(=O)C(Cc1ccccc1)NC(=O)c1cccs1. The van der Waals surface area contributed by atoms with Gasteiger partial charge in [0.1, 0.15) is 12.6 Å². The van der Waals surface area contributed by atoms with Crippen molar-refractivity contribution in [3.05, 3.63) is 58.3 Å². The molecule has 0 fully saturated rings. The van der Waals surface area contributed by atoms with Crippen molar-refractivity contribution in [1.29, 1.82) is 5.26 Å². The molecule has 1 unspecified atom stereocenters. The summed E-state index contributed by atoms with van der Waals surface area (Å²) in [5.74, 6) is -0.654. The van der Waals surface area contributed by atoms with E-state index in [1.165, 1.54) is 11.3 Å². The van der Waals surface area contributed by atoms with Gasteiger partial charge in [-0.25, -0.2) is 0 Å². The lowest BCUT2D eigenvalue weighted by molar-refractivity contribution is -0.122. The normalized spacial score (nSPS) is 11.2. The van der Waals surface area contributed by atoms with Gasteiger partial charge >= 0.3 is 0 Å². The fraction of sp³-hybridized carbons (Fsp3) is 0.188. The second-order valence-corrected chi connectivity index (χ2v) is 5.52. The first-order chi connectivity index (χ1) is 10.7. The summed E-state index contributed by atoms with van der Waals surface area (Å²) in [5.41, 5.74) is 0.936. The minimum atomic E-state index is -0.717. The van der Waals surface area contributed by atoms with Gasteiger partial charge in [0.15, 0.2) is 0 Å². The lowest BCUT2D eigenvalue weighted by Crippen LogP contribution is -2.48. The molecule has 22 heavy (non-hydrogen) atoms. The van der Waals surface area contributed by atoms with Gasteiger partial charge < -0.3 is 10.6 Å². The highest BCUT2D eigenvalue weighted by Gasteiger charge is 2.21. The maximum Gasteiger partial charge on any atom is 0.262 e. The van der Waals surface area contributed by atoms with Crippen LogP contribution >= 0.6 is 11.3 Å². The molecule has 1 heterocycles. The molecule has 0 aliphatic carbocycles. The number of carbonyl (C=O) groups is 2. The third-order valence-corrected chi connectivity index (χ3v) is 3.86. The van der Waals surface area contributed by atoms with Crippen LogP contribution in [0.25, 0.3) is 0 Å². The van der Waals surface area contributed by atoms with Crippen molar-refractivity contribution in [2.24, 2.45) is 0 Å². The fourth-order valence-electron chi connectivity index (χ4n) is 1.95. The predicted molar refractivity (Wildman–Crippen MR) is 84.3 cm³/mol. The van der Waals surface area contributed by atoms with Crippen LogP contribution in [-0.2, 0) is 11.2 Å². The van der Waals surface area contributed by atoms with E-state index in [1.807, 2.05) is 36.4 Å². The van der Waals surface area contributed by atoms with Gasteiger partial charge in [-0.15, -0.1) is 11.3 Å². The molecule has 0 bridgehead atoms. The van der Waals surface area contributed by atoms with E-state index in [1.54, 1.807) is 17.5 Å². The number of hydrogen-bond donors (Lipinski definition) is 2. The lowest BCUT2D eigenvalue weighted by atomic mass is 10.1. The molecule has 1 atom stereocenters. The molecule has 0 aliphatic rings. The van der Waals surface area contributed by atoms with E-state index in [4.69, 9.17) is 5.26 Å². The van der Waals surface area contributed by atoms with Crippen LogP contribution < -0.4 is 10.6 Å². The van der Waals surface area contributed by atoms with Gasteiger partial charge in [-0.3, -0.25) is 9.59 Å². The van der Waals surface area contributed by atoms with E-state index in [9.17, 15) is 9.59 Å². The summed E-state index contributed by atoms with van der Waals surface area (Å²) in [5, 5.41) is 15.6. The van der Waals surface area contributed by atoms with E-state index in [-0.39, 0.29) is 18.4 Å². The van der Waals surface area contributed by atoms with E-state index < -0.39 is 6.04 Å². The number of benzene rings is 1. The zero-order chi connectivity index (χ0) is 15.8. The van der Waals surface area contributed by atoms with Crippen LogP contribution in [0.4, 0.5) is 0 Å². The zero-order valence-corrected chi connectivity index (χ0v) is 12.6. The number of nitrogens with zero attached hydrogens (tertiary/aromatic N) is 1. The topological polar surface area (TPSA) is 82.0 Å². The van der Waals surface area contributed by atoms with Crippen LogP contribution in [0.15, 0.2) is 47.8 Å². The molecular weight excluding hydrogens is 298 g/mol. The Hall–Kier alpha value is -2.65. The Balaban J connectivity index is 2.09. The summed E-state index contributed by atoms with van der Waals surface area (Å²) in [4.78, 5) is 24.8. The summed E-state index contributed by atoms with van der Waals surface area (Å²) < 4.78 is 0. The minimum Gasteiger partial charge on any atom is -0.341 e. The molecule has 112 valence electrons. The summed E-state index contributed by atoms with van der Waals surface area (Å²) in [6, 6.07) is 14.0. The largest absolute Gasteiger partial charge is 0.341 e. The first-order valence-corrected chi connectivity index (χ1v) is 7.61. The summed E-state index contributed by atoms with van der Waals surface area (Å²) in [7, 11) is 0. The highest BCUT2D eigenvalue weighted by molar-refractivity contribution is 7.12. The standard InChI is InChI=1S/C16H15N3O2S/c17-8-9-18-15(20)13(11-12-5-2-1-3-6-12)19-16(21)14-7-4-10-22-14/h1-7,10,13H,9,11H2,(H,18,20)(H,19,21). The Bertz CT molecular complexity index is 662. The van der Waals surface area contributed by atoms with Gasteiger partial charge in [0.25, 0.3) is 5.91 Å². The van der Waals surface area contributed by atoms with Crippen LogP contribution in [0.3, 0.4) is 0 Å². The van der Waals surface area contributed by atoms with Crippen LogP contribution in [0.2, 0.25) is 0 Å². The van der Waals surface area contributed by atoms with Gasteiger partial charge in [0, 0.05) is 6.42 Å². The van der Waals surface area contributed by atoms with E-state index in [0.717, 1.165) is 5.56 Å². The maximum atomic E-state index is 12.1. The molecule has 2 rings (SSSR count). The number of thiophene rings is 1. The van der Waals surface area contributed by atoms with E-state index in [2.05, 4.69) is 10.6 Å². The average molecular weight is 313 g/mol. The summed E-state index contributed by atoms with van der Waals surface area (Å²) >= 11 is 1.31. The van der Waals surface area contributed by atoms with E-state index >= 15 is 0 Å². The van der Waals surface area contributed by atoms with Crippen molar-refractivity contribution in [3.8, 4) is 6.07 Å². The molecule has 0 saturated carbocycles. The number of amides is 2. The Morgan fingerprint density at radius 3 is 2.59 bits per heavy atom. The first-order valence-electron chi connectivity index (χ1n) is 6.73. The Labute approximate surface area is 132 Å². The molecule has 0 saturated heterocycles. The number of nitriles is 1. The van der Waals surface area contributed by atoms with Gasteiger partial charge in [-0.2, -0.15) is 5.26 Å². The second-order valence-electron chi connectivity index (χ2n) is 4.57. The summed E-state index contributed by atoms with van der Waals surface area (Å²) in [6.45, 7) is -0.0843. The van der Waals surface area contributed by atoms with Gasteiger partial charge in [-0.1, -0.05) is 36.4 Å². The highest BCUT2D eigenvalue weighted by Crippen LogP contribution is 2.10. The van der Waals surface area contributed by atoms with Crippen LogP contribution in [0.1, 0.15) is 15.2 Å². The third-order valence-electron chi connectivity index (χ3n) is 2.99. The smallest absolute Gasteiger partial charge is 0.262 e. The van der Waals surface area contributed by atoms with Crippen molar-refractivity contribution < 1.29 is 9.59 Å². The van der Waals surface area contributed by atoms with Crippen LogP contribution in [-0.4, -0.2) is 24.4 Å². The Kier molecular flexibility index (Phi) is 5.69. The maximum absolute atomic E-state index is 12.1. The quantitative estimate of drug-likeness (QED) is 0.797. The van der Waals surface area contributed by atoms with Crippen molar-refractivity contribution >= 4 is 23.2 Å². The molecule has 2 aromatic rings. The van der Waals surface area contributed by atoms with Crippen molar-refractivity contribution in [2.75, 3.05) is 6.54 Å².